The SMILES string of the molecule is CCCCCCCCCCCCCCCC(=O)O[C@H](C[C@H](O)[C@H](O)[C@H](C)O)c1cnc(Cc2cnco2)o1. The first kappa shape index (κ1) is 32.0. The molecule has 0 saturated heterocycles. The van der Waals surface area contributed by atoms with Crippen LogP contribution in [0.2, 0.25) is 0 Å². The van der Waals surface area contributed by atoms with Gasteiger partial charge in [-0.15, -0.1) is 0 Å². The van der Waals surface area contributed by atoms with E-state index in [1.807, 2.05) is 0 Å². The Morgan fingerprint density at radius 3 is 2.08 bits per heavy atom. The summed E-state index contributed by atoms with van der Waals surface area (Å²) in [6, 6.07) is 0. The fourth-order valence-electron chi connectivity index (χ4n) is 4.44. The number of aliphatic hydroxyl groups excluding tert-OH is 3. The lowest BCUT2D eigenvalue weighted by Crippen LogP contribution is -2.37. The Kier molecular flexibility index (Phi) is 15.9. The molecule has 0 bridgehead atoms. The minimum absolute atomic E-state index is 0.132. The van der Waals surface area contributed by atoms with Crippen LogP contribution in [0.15, 0.2) is 27.6 Å². The third-order valence-corrected chi connectivity index (χ3v) is 6.80. The molecule has 0 aliphatic heterocycles. The average Bonchev–Trinajstić information content (AvgIpc) is 3.58. The lowest BCUT2D eigenvalue weighted by molar-refractivity contribution is -0.154. The maximum absolute atomic E-state index is 12.6. The van der Waals surface area contributed by atoms with Gasteiger partial charge in [0.15, 0.2) is 18.3 Å². The number of hydrogen-bond acceptors (Lipinski definition) is 9. The Morgan fingerprint density at radius 1 is 0.921 bits per heavy atom. The van der Waals surface area contributed by atoms with Crippen LogP contribution in [0.5, 0.6) is 0 Å². The Labute approximate surface area is 227 Å². The number of carbonyl (C=O) groups is 1. The first-order valence-electron chi connectivity index (χ1n) is 14.5. The van der Waals surface area contributed by atoms with Crippen LogP contribution in [0.3, 0.4) is 0 Å². The Morgan fingerprint density at radius 2 is 1.53 bits per heavy atom. The normalized spacial score (nSPS) is 14.8. The predicted octanol–water partition coefficient (Wildman–Crippen LogP) is 5.81. The lowest BCUT2D eigenvalue weighted by atomic mass is 10.0. The molecule has 38 heavy (non-hydrogen) atoms. The second kappa shape index (κ2) is 18.9. The molecule has 0 radical (unpaired) electrons. The highest BCUT2D eigenvalue weighted by atomic mass is 16.6. The lowest BCUT2D eigenvalue weighted by Gasteiger charge is -2.24. The van der Waals surface area contributed by atoms with Gasteiger partial charge in [0.05, 0.1) is 31.0 Å². The van der Waals surface area contributed by atoms with Gasteiger partial charge < -0.3 is 28.9 Å². The van der Waals surface area contributed by atoms with Crippen LogP contribution in [-0.2, 0) is 16.0 Å². The van der Waals surface area contributed by atoms with Crippen LogP contribution < -0.4 is 0 Å². The van der Waals surface area contributed by atoms with E-state index in [-0.39, 0.29) is 25.0 Å². The third-order valence-electron chi connectivity index (χ3n) is 6.80. The van der Waals surface area contributed by atoms with Crippen LogP contribution in [0.4, 0.5) is 0 Å². The van der Waals surface area contributed by atoms with Crippen LogP contribution in [0.1, 0.15) is 134 Å². The van der Waals surface area contributed by atoms with E-state index in [0.717, 1.165) is 19.3 Å². The largest absolute Gasteiger partial charge is 0.454 e. The zero-order valence-electron chi connectivity index (χ0n) is 23.2. The van der Waals surface area contributed by atoms with Gasteiger partial charge in [0.1, 0.15) is 11.9 Å². The molecule has 9 nitrogen and oxygen atoms in total. The zero-order valence-corrected chi connectivity index (χ0v) is 23.2. The molecule has 216 valence electrons. The van der Waals surface area contributed by atoms with Crippen LogP contribution in [0.25, 0.3) is 0 Å². The van der Waals surface area contributed by atoms with Gasteiger partial charge in [-0.05, 0) is 13.3 Å². The summed E-state index contributed by atoms with van der Waals surface area (Å²) in [5.74, 6) is 0.777. The molecule has 2 rings (SSSR count). The van der Waals surface area contributed by atoms with Crippen molar-refractivity contribution >= 4 is 5.97 Å². The third kappa shape index (κ3) is 13.0. The molecule has 0 aliphatic rings. The number of hydrogen-bond donors (Lipinski definition) is 3. The van der Waals surface area contributed by atoms with Gasteiger partial charge in [-0.1, -0.05) is 84.0 Å². The molecular weight excluding hydrogens is 488 g/mol. The summed E-state index contributed by atoms with van der Waals surface area (Å²) in [6.45, 7) is 3.63. The van der Waals surface area contributed by atoms with Gasteiger partial charge in [-0.2, -0.15) is 0 Å². The molecule has 0 aromatic carbocycles. The summed E-state index contributed by atoms with van der Waals surface area (Å²) >= 11 is 0. The topological polar surface area (TPSA) is 139 Å². The minimum Gasteiger partial charge on any atom is -0.454 e. The van der Waals surface area contributed by atoms with Crippen molar-refractivity contribution < 1.29 is 33.7 Å². The molecule has 2 heterocycles. The molecule has 0 spiro atoms. The molecule has 9 heteroatoms. The fourth-order valence-corrected chi connectivity index (χ4v) is 4.44. The van der Waals surface area contributed by atoms with Crippen molar-refractivity contribution in [2.24, 2.45) is 0 Å². The van der Waals surface area contributed by atoms with Crippen LogP contribution in [-0.4, -0.2) is 49.6 Å². The van der Waals surface area contributed by atoms with Crippen molar-refractivity contribution in [1.82, 2.24) is 9.97 Å². The monoisotopic (exact) mass is 536 g/mol. The smallest absolute Gasteiger partial charge is 0.306 e. The number of aromatic nitrogens is 2. The zero-order chi connectivity index (χ0) is 27.6. The van der Waals surface area contributed by atoms with Crippen molar-refractivity contribution in [3.8, 4) is 0 Å². The number of esters is 1. The number of aliphatic hydroxyl groups is 3. The van der Waals surface area contributed by atoms with Gasteiger partial charge in [0.25, 0.3) is 0 Å². The maximum Gasteiger partial charge on any atom is 0.306 e. The summed E-state index contributed by atoms with van der Waals surface area (Å²) in [5.41, 5.74) is 0. The molecular formula is C29H48N2O7. The first-order chi connectivity index (χ1) is 18.4. The van der Waals surface area contributed by atoms with E-state index in [1.54, 1.807) is 6.20 Å². The second-order valence-corrected chi connectivity index (χ2v) is 10.3. The molecule has 3 N–H and O–H groups in total. The highest BCUT2D eigenvalue weighted by Crippen LogP contribution is 2.27. The molecule has 0 amide bonds. The molecule has 2 aromatic heterocycles. The molecule has 2 aromatic rings. The van der Waals surface area contributed by atoms with Crippen molar-refractivity contribution in [3.63, 3.8) is 0 Å². The van der Waals surface area contributed by atoms with Gasteiger partial charge >= 0.3 is 5.97 Å². The molecule has 0 saturated carbocycles. The molecule has 0 aliphatic carbocycles. The number of oxazole rings is 2. The number of ether oxygens (including phenoxy) is 1. The number of nitrogens with zero attached hydrogens (tertiary/aromatic N) is 2. The van der Waals surface area contributed by atoms with E-state index >= 15 is 0 Å². The Hall–Kier alpha value is -2.23. The molecule has 0 unspecified atom stereocenters. The number of carbonyl (C=O) groups excluding carboxylic acids is 1. The second-order valence-electron chi connectivity index (χ2n) is 10.3. The van der Waals surface area contributed by atoms with Crippen LogP contribution >= 0.6 is 0 Å². The van der Waals surface area contributed by atoms with Crippen molar-refractivity contribution in [3.05, 3.63) is 36.2 Å². The fraction of sp³-hybridized carbons (Fsp3) is 0.759. The average molecular weight is 537 g/mol. The summed E-state index contributed by atoms with van der Waals surface area (Å²) in [6.07, 6.45) is 15.8. The van der Waals surface area contributed by atoms with Gasteiger partial charge in [-0.3, -0.25) is 4.79 Å². The van der Waals surface area contributed by atoms with Gasteiger partial charge in [0.2, 0.25) is 5.89 Å². The van der Waals surface area contributed by atoms with Gasteiger partial charge in [-0.25, -0.2) is 9.97 Å². The van der Waals surface area contributed by atoms with Gasteiger partial charge in [0, 0.05) is 12.8 Å². The minimum atomic E-state index is -1.38. The van der Waals surface area contributed by atoms with E-state index in [9.17, 15) is 20.1 Å². The summed E-state index contributed by atoms with van der Waals surface area (Å²) < 4.78 is 16.6. The van der Waals surface area contributed by atoms with E-state index in [1.165, 1.54) is 83.7 Å². The highest BCUT2D eigenvalue weighted by Gasteiger charge is 2.30. The van der Waals surface area contributed by atoms with E-state index in [2.05, 4.69) is 16.9 Å². The van der Waals surface area contributed by atoms with E-state index < -0.39 is 30.4 Å². The molecule has 4 atom stereocenters. The predicted molar refractivity (Wildman–Crippen MR) is 143 cm³/mol. The number of rotatable bonds is 22. The van der Waals surface area contributed by atoms with Crippen molar-refractivity contribution in [2.45, 2.75) is 141 Å². The summed E-state index contributed by atoms with van der Waals surface area (Å²) in [7, 11) is 0. The first-order valence-corrected chi connectivity index (χ1v) is 14.5. The molecule has 0 fully saturated rings. The van der Waals surface area contributed by atoms with Crippen molar-refractivity contribution in [1.29, 1.82) is 0 Å². The van der Waals surface area contributed by atoms with Crippen molar-refractivity contribution in [2.75, 3.05) is 0 Å². The summed E-state index contributed by atoms with van der Waals surface area (Å²) in [5, 5.41) is 30.0. The van der Waals surface area contributed by atoms with E-state index in [4.69, 9.17) is 13.6 Å². The Balaban J connectivity index is 1.71. The standard InChI is InChI=1S/C29H48N2O7/c1-3-4-5-6-7-8-9-10-11-12-13-14-15-16-28(34)38-25(18-24(33)29(35)22(2)32)26-20-31-27(37-26)17-23-19-30-21-36-23/h19-22,24-25,29,32-33,35H,3-18H2,1-2H3/t22-,24-,25+,29+/m0/s1. The summed E-state index contributed by atoms with van der Waals surface area (Å²) in [4.78, 5) is 20.6. The quantitative estimate of drug-likeness (QED) is 0.126. The highest BCUT2D eigenvalue weighted by molar-refractivity contribution is 5.69. The maximum atomic E-state index is 12.6. The number of unbranched alkanes of at least 4 members (excludes halogenated alkanes) is 12. The van der Waals surface area contributed by atoms with E-state index in [0.29, 0.717) is 11.7 Å². The van der Waals surface area contributed by atoms with Crippen LogP contribution in [0, 0.1) is 0 Å². The Bertz CT molecular complexity index is 853.